The summed E-state index contributed by atoms with van der Waals surface area (Å²) in [6.45, 7) is 1.92. The van der Waals surface area contributed by atoms with Crippen LogP contribution >= 0.6 is 0 Å². The van der Waals surface area contributed by atoms with Crippen molar-refractivity contribution >= 4 is 17.3 Å². The van der Waals surface area contributed by atoms with Crippen LogP contribution in [0.4, 0.5) is 11.4 Å². The number of anilines is 2. The van der Waals surface area contributed by atoms with Crippen molar-refractivity contribution in [1.82, 2.24) is 10.3 Å². The van der Waals surface area contributed by atoms with Crippen molar-refractivity contribution in [3.63, 3.8) is 0 Å². The van der Waals surface area contributed by atoms with Crippen LogP contribution in [0.15, 0.2) is 42.6 Å². The predicted molar refractivity (Wildman–Crippen MR) is 85.6 cm³/mol. The Kier molecular flexibility index (Phi) is 4.34. The number of hydrogen-bond donors (Lipinski definition) is 1. The van der Waals surface area contributed by atoms with Crippen LogP contribution in [0.25, 0.3) is 0 Å². The quantitative estimate of drug-likeness (QED) is 0.859. The normalized spacial score (nSPS) is 13.0. The van der Waals surface area contributed by atoms with Gasteiger partial charge in [0.2, 0.25) is 0 Å². The number of nitrogens with one attached hydrogen (secondary N) is 1. The summed E-state index contributed by atoms with van der Waals surface area (Å²) in [7, 11) is 1.60. The molecule has 0 fully saturated rings. The van der Waals surface area contributed by atoms with E-state index in [-0.39, 0.29) is 5.91 Å². The number of fused-ring (bicyclic) bond motifs is 1. The smallest absolute Gasteiger partial charge is 0.269 e. The van der Waals surface area contributed by atoms with Crippen molar-refractivity contribution in [2.24, 2.45) is 0 Å². The second-order valence-electron chi connectivity index (χ2n) is 5.18. The molecule has 3 rings (SSSR count). The van der Waals surface area contributed by atoms with Gasteiger partial charge in [0.05, 0.1) is 18.5 Å². The van der Waals surface area contributed by atoms with E-state index in [1.54, 1.807) is 19.4 Å². The van der Waals surface area contributed by atoms with E-state index in [0.717, 1.165) is 18.7 Å². The summed E-state index contributed by atoms with van der Waals surface area (Å²) in [6.07, 6.45) is 2.79. The zero-order valence-electron chi connectivity index (χ0n) is 12.6. The molecular formula is C17H19N3O2. The van der Waals surface area contributed by atoms with Gasteiger partial charge < -0.3 is 15.0 Å². The standard InChI is InChI=1S/C17H19N3O2/c1-22-11-9-18-17(21)15-7-6-14(12-19-15)20-10-8-13-4-2-3-5-16(13)20/h2-7,12H,8-11H2,1H3,(H,18,21). The van der Waals surface area contributed by atoms with Crippen molar-refractivity contribution < 1.29 is 9.53 Å². The minimum atomic E-state index is -0.176. The molecule has 0 spiro atoms. The summed E-state index contributed by atoms with van der Waals surface area (Å²) in [5.74, 6) is -0.176. The summed E-state index contributed by atoms with van der Waals surface area (Å²) >= 11 is 0. The highest BCUT2D eigenvalue weighted by Crippen LogP contribution is 2.33. The molecule has 1 amide bonds. The average molecular weight is 297 g/mol. The number of ether oxygens (including phenoxy) is 1. The van der Waals surface area contributed by atoms with E-state index in [2.05, 4.69) is 33.4 Å². The van der Waals surface area contributed by atoms with E-state index in [9.17, 15) is 4.79 Å². The second-order valence-corrected chi connectivity index (χ2v) is 5.18. The molecule has 1 aromatic carbocycles. The maximum Gasteiger partial charge on any atom is 0.269 e. The maximum absolute atomic E-state index is 11.9. The lowest BCUT2D eigenvalue weighted by Gasteiger charge is -2.19. The molecule has 0 aliphatic carbocycles. The minimum Gasteiger partial charge on any atom is -0.383 e. The first kappa shape index (κ1) is 14.5. The van der Waals surface area contributed by atoms with Gasteiger partial charge in [0.25, 0.3) is 5.91 Å². The number of methoxy groups -OCH3 is 1. The van der Waals surface area contributed by atoms with Gasteiger partial charge in [-0.3, -0.25) is 4.79 Å². The van der Waals surface area contributed by atoms with Gasteiger partial charge in [0.1, 0.15) is 5.69 Å². The van der Waals surface area contributed by atoms with E-state index >= 15 is 0 Å². The number of para-hydroxylation sites is 1. The molecule has 2 aromatic rings. The minimum absolute atomic E-state index is 0.176. The largest absolute Gasteiger partial charge is 0.383 e. The molecule has 0 saturated heterocycles. The van der Waals surface area contributed by atoms with Crippen LogP contribution in [0, 0.1) is 0 Å². The van der Waals surface area contributed by atoms with Gasteiger partial charge in [0.15, 0.2) is 0 Å². The highest BCUT2D eigenvalue weighted by Gasteiger charge is 2.20. The van der Waals surface area contributed by atoms with Gasteiger partial charge in [-0.25, -0.2) is 4.98 Å². The Morgan fingerprint density at radius 3 is 2.95 bits per heavy atom. The van der Waals surface area contributed by atoms with Gasteiger partial charge in [0, 0.05) is 25.9 Å². The monoisotopic (exact) mass is 297 g/mol. The number of hydrogen-bond acceptors (Lipinski definition) is 4. The van der Waals surface area contributed by atoms with Gasteiger partial charge in [-0.15, -0.1) is 0 Å². The zero-order valence-corrected chi connectivity index (χ0v) is 12.6. The van der Waals surface area contributed by atoms with Gasteiger partial charge in [-0.1, -0.05) is 18.2 Å². The molecule has 114 valence electrons. The van der Waals surface area contributed by atoms with E-state index < -0.39 is 0 Å². The van der Waals surface area contributed by atoms with Crippen LogP contribution in [0.3, 0.4) is 0 Å². The fourth-order valence-electron chi connectivity index (χ4n) is 2.64. The predicted octanol–water partition coefficient (Wildman–Crippen LogP) is 2.15. The first-order valence-electron chi connectivity index (χ1n) is 7.38. The Bertz CT molecular complexity index is 655. The van der Waals surface area contributed by atoms with E-state index in [1.807, 2.05) is 12.1 Å². The first-order valence-corrected chi connectivity index (χ1v) is 7.38. The van der Waals surface area contributed by atoms with E-state index in [0.29, 0.717) is 18.8 Å². The summed E-state index contributed by atoms with van der Waals surface area (Å²) in [5.41, 5.74) is 4.01. The molecule has 5 heteroatoms. The number of aromatic nitrogens is 1. The van der Waals surface area contributed by atoms with E-state index in [4.69, 9.17) is 4.74 Å². The summed E-state index contributed by atoms with van der Waals surface area (Å²) in [5, 5.41) is 2.76. The van der Waals surface area contributed by atoms with Gasteiger partial charge in [-0.2, -0.15) is 0 Å². The van der Waals surface area contributed by atoms with Crippen LogP contribution in [-0.4, -0.2) is 37.7 Å². The second kappa shape index (κ2) is 6.58. The zero-order chi connectivity index (χ0) is 15.4. The lowest BCUT2D eigenvalue weighted by Crippen LogP contribution is -2.27. The molecule has 0 unspecified atom stereocenters. The number of benzene rings is 1. The first-order chi connectivity index (χ1) is 10.8. The van der Waals surface area contributed by atoms with Crippen LogP contribution in [0.1, 0.15) is 16.1 Å². The third-order valence-electron chi connectivity index (χ3n) is 3.77. The van der Waals surface area contributed by atoms with Crippen molar-refractivity contribution in [2.45, 2.75) is 6.42 Å². The topological polar surface area (TPSA) is 54.5 Å². The number of carbonyl (C=O) groups excluding carboxylic acids is 1. The van der Waals surface area contributed by atoms with Crippen LogP contribution in [0.2, 0.25) is 0 Å². The number of nitrogens with zero attached hydrogens (tertiary/aromatic N) is 2. The molecule has 1 aliphatic rings. The van der Waals surface area contributed by atoms with Crippen LogP contribution < -0.4 is 10.2 Å². The Morgan fingerprint density at radius 1 is 1.32 bits per heavy atom. The van der Waals surface area contributed by atoms with Crippen LogP contribution in [0.5, 0.6) is 0 Å². The molecule has 0 saturated carbocycles. The molecule has 2 heterocycles. The van der Waals surface area contributed by atoms with Gasteiger partial charge >= 0.3 is 0 Å². The van der Waals surface area contributed by atoms with Crippen molar-refractivity contribution in [2.75, 3.05) is 31.7 Å². The fraction of sp³-hybridized carbons (Fsp3) is 0.294. The molecule has 0 radical (unpaired) electrons. The fourth-order valence-corrected chi connectivity index (χ4v) is 2.64. The Labute approximate surface area is 129 Å². The Morgan fingerprint density at radius 2 is 2.18 bits per heavy atom. The Hall–Kier alpha value is -2.40. The summed E-state index contributed by atoms with van der Waals surface area (Å²) in [4.78, 5) is 18.4. The molecule has 0 bridgehead atoms. The molecular weight excluding hydrogens is 278 g/mol. The highest BCUT2D eigenvalue weighted by atomic mass is 16.5. The molecule has 1 aliphatic heterocycles. The molecule has 22 heavy (non-hydrogen) atoms. The number of pyridine rings is 1. The summed E-state index contributed by atoms with van der Waals surface area (Å²) < 4.78 is 4.91. The molecule has 5 nitrogen and oxygen atoms in total. The van der Waals surface area contributed by atoms with E-state index in [1.165, 1.54) is 11.3 Å². The van der Waals surface area contributed by atoms with Crippen molar-refractivity contribution in [3.05, 3.63) is 53.9 Å². The van der Waals surface area contributed by atoms with Gasteiger partial charge in [-0.05, 0) is 30.2 Å². The summed E-state index contributed by atoms with van der Waals surface area (Å²) in [6, 6.07) is 12.1. The maximum atomic E-state index is 11.9. The van der Waals surface area contributed by atoms with Crippen LogP contribution in [-0.2, 0) is 11.2 Å². The molecule has 0 atom stereocenters. The van der Waals surface area contributed by atoms with Crippen molar-refractivity contribution in [1.29, 1.82) is 0 Å². The number of amides is 1. The lowest BCUT2D eigenvalue weighted by atomic mass is 10.2. The third-order valence-corrected chi connectivity index (χ3v) is 3.77. The number of rotatable bonds is 5. The lowest BCUT2D eigenvalue weighted by molar-refractivity contribution is 0.0932. The Balaban J connectivity index is 1.71. The van der Waals surface area contributed by atoms with Crippen molar-refractivity contribution in [3.8, 4) is 0 Å². The molecule has 1 aromatic heterocycles. The highest BCUT2D eigenvalue weighted by molar-refractivity contribution is 5.92. The number of carbonyl (C=O) groups is 1. The average Bonchev–Trinajstić information content (AvgIpc) is 2.99. The SMILES string of the molecule is COCCNC(=O)c1ccc(N2CCc3ccccc32)cn1. The third kappa shape index (κ3) is 2.94. The molecule has 1 N–H and O–H groups in total.